The highest BCUT2D eigenvalue weighted by atomic mass is 32.2. The maximum atomic E-state index is 12.6. The Bertz CT molecular complexity index is 812. The number of rotatable bonds is 4. The zero-order valence-electron chi connectivity index (χ0n) is 16.0. The molecule has 0 N–H and O–H groups in total. The van der Waals surface area contributed by atoms with E-state index in [-0.39, 0.29) is 18.1 Å². The second-order valence-corrected chi connectivity index (χ2v) is 8.21. The topological polar surface area (TPSA) is 63.5 Å². The number of benzene rings is 1. The molecule has 27 heavy (non-hydrogen) atoms. The van der Waals surface area contributed by atoms with Gasteiger partial charge in [-0.2, -0.15) is 0 Å². The van der Waals surface area contributed by atoms with Crippen LogP contribution >= 0.6 is 11.8 Å². The fourth-order valence-electron chi connectivity index (χ4n) is 3.65. The molecule has 7 nitrogen and oxygen atoms in total. The summed E-state index contributed by atoms with van der Waals surface area (Å²) < 4.78 is 7.81. The second kappa shape index (κ2) is 7.52. The molecule has 8 heteroatoms. The van der Waals surface area contributed by atoms with Crippen LogP contribution in [-0.4, -0.2) is 63.2 Å². The summed E-state index contributed by atoms with van der Waals surface area (Å²) in [5, 5.41) is 9.49. The molecule has 0 aliphatic carbocycles. The third-order valence-electron chi connectivity index (χ3n) is 4.93. The lowest BCUT2D eigenvalue weighted by atomic mass is 10.2. The number of hydrogen-bond acceptors (Lipinski definition) is 6. The Labute approximate surface area is 163 Å². The summed E-state index contributed by atoms with van der Waals surface area (Å²) in [6.45, 7) is 9.11. The molecule has 0 bridgehead atoms. The fourth-order valence-corrected chi connectivity index (χ4v) is 4.51. The van der Waals surface area contributed by atoms with Crippen LogP contribution in [0.4, 0.5) is 11.6 Å². The minimum Gasteiger partial charge on any atom is -0.372 e. The first-order valence-electron chi connectivity index (χ1n) is 9.34. The molecule has 1 fully saturated rings. The van der Waals surface area contributed by atoms with Gasteiger partial charge in [0.2, 0.25) is 11.9 Å². The van der Waals surface area contributed by atoms with Crippen molar-refractivity contribution in [3.8, 4) is 0 Å². The molecule has 1 aromatic carbocycles. The Morgan fingerprint density at radius 3 is 2.56 bits per heavy atom. The Hall–Kier alpha value is -2.06. The molecule has 1 aromatic heterocycles. The Morgan fingerprint density at radius 1 is 1.15 bits per heavy atom. The number of ether oxygens (including phenoxy) is 1. The Morgan fingerprint density at radius 2 is 1.85 bits per heavy atom. The van der Waals surface area contributed by atoms with E-state index in [1.165, 1.54) is 17.3 Å². The van der Waals surface area contributed by atoms with E-state index in [1.807, 2.05) is 18.7 Å². The molecule has 1 amide bonds. The number of aryl methyl sites for hydroxylation is 1. The number of aromatic nitrogens is 3. The highest BCUT2D eigenvalue weighted by molar-refractivity contribution is 7.99. The number of carbonyl (C=O) groups excluding carboxylic acids is 1. The summed E-state index contributed by atoms with van der Waals surface area (Å²) in [6.07, 6.45) is 0.172. The third kappa shape index (κ3) is 3.82. The van der Waals surface area contributed by atoms with E-state index in [9.17, 15) is 4.79 Å². The molecule has 2 aliphatic rings. The minimum absolute atomic E-state index is 0.0862. The van der Waals surface area contributed by atoms with Crippen LogP contribution < -0.4 is 4.90 Å². The zero-order chi connectivity index (χ0) is 19.0. The van der Waals surface area contributed by atoms with E-state index in [4.69, 9.17) is 4.74 Å². The molecule has 0 radical (unpaired) electrons. The van der Waals surface area contributed by atoms with Crippen LogP contribution in [0, 0.1) is 6.92 Å². The van der Waals surface area contributed by atoms with Gasteiger partial charge in [-0.15, -0.1) is 10.2 Å². The predicted octanol–water partition coefficient (Wildman–Crippen LogP) is 2.47. The summed E-state index contributed by atoms with van der Waals surface area (Å²) >= 11 is 1.47. The second-order valence-electron chi connectivity index (χ2n) is 7.27. The SMILES string of the molecule is Cc1ccc(N2CCn3c(SCC(=O)N4C[C@@H](C)O[C@@H](C)C4)nnc32)cc1. The number of carbonyl (C=O) groups is 1. The lowest BCUT2D eigenvalue weighted by molar-refractivity contribution is -0.140. The maximum Gasteiger partial charge on any atom is 0.233 e. The standard InChI is InChI=1S/C19H25N5O2S/c1-13-4-6-16(7-5-13)23-8-9-24-18(23)20-21-19(24)27-12-17(25)22-10-14(2)26-15(3)11-22/h4-7,14-15H,8-12H2,1-3H3/t14-,15+. The van der Waals surface area contributed by atoms with Gasteiger partial charge in [-0.05, 0) is 32.9 Å². The van der Waals surface area contributed by atoms with Crippen molar-refractivity contribution >= 4 is 29.3 Å². The van der Waals surface area contributed by atoms with Gasteiger partial charge in [0.1, 0.15) is 0 Å². The number of hydrogen-bond donors (Lipinski definition) is 0. The first-order valence-corrected chi connectivity index (χ1v) is 10.3. The number of amides is 1. The smallest absolute Gasteiger partial charge is 0.233 e. The molecule has 0 spiro atoms. The quantitative estimate of drug-likeness (QED) is 0.751. The van der Waals surface area contributed by atoms with Crippen LogP contribution in [0.3, 0.4) is 0 Å². The molecule has 0 saturated carbocycles. The van der Waals surface area contributed by atoms with Crippen molar-refractivity contribution in [3.63, 3.8) is 0 Å². The molecular weight excluding hydrogens is 362 g/mol. The van der Waals surface area contributed by atoms with E-state index >= 15 is 0 Å². The van der Waals surface area contributed by atoms with Crippen molar-refractivity contribution < 1.29 is 9.53 Å². The zero-order valence-corrected chi connectivity index (χ0v) is 16.8. The summed E-state index contributed by atoms with van der Waals surface area (Å²) in [4.78, 5) is 16.6. The monoisotopic (exact) mass is 387 g/mol. The van der Waals surface area contributed by atoms with Gasteiger partial charge in [0.25, 0.3) is 0 Å². The fraction of sp³-hybridized carbons (Fsp3) is 0.526. The van der Waals surface area contributed by atoms with Gasteiger partial charge in [0, 0.05) is 31.9 Å². The normalized spacial score (nSPS) is 22.2. The summed E-state index contributed by atoms with van der Waals surface area (Å²) in [5.74, 6) is 1.36. The van der Waals surface area contributed by atoms with Gasteiger partial charge in [-0.25, -0.2) is 0 Å². The number of morpholine rings is 1. The lowest BCUT2D eigenvalue weighted by Crippen LogP contribution is -2.48. The summed E-state index contributed by atoms with van der Waals surface area (Å²) in [6, 6.07) is 8.42. The first kappa shape index (κ1) is 18.3. The van der Waals surface area contributed by atoms with Gasteiger partial charge in [-0.3, -0.25) is 9.36 Å². The van der Waals surface area contributed by atoms with Crippen molar-refractivity contribution in [3.05, 3.63) is 29.8 Å². The van der Waals surface area contributed by atoms with E-state index in [0.29, 0.717) is 18.8 Å². The van der Waals surface area contributed by atoms with Gasteiger partial charge in [0.05, 0.1) is 18.0 Å². The molecule has 144 valence electrons. The van der Waals surface area contributed by atoms with Crippen molar-refractivity contribution in [1.82, 2.24) is 19.7 Å². The largest absolute Gasteiger partial charge is 0.372 e. The highest BCUT2D eigenvalue weighted by Gasteiger charge is 2.28. The van der Waals surface area contributed by atoms with Crippen molar-refractivity contribution in [2.24, 2.45) is 0 Å². The van der Waals surface area contributed by atoms with E-state index in [0.717, 1.165) is 29.9 Å². The maximum absolute atomic E-state index is 12.6. The number of thioether (sulfide) groups is 1. The molecule has 3 heterocycles. The van der Waals surface area contributed by atoms with Gasteiger partial charge in [0.15, 0.2) is 5.16 Å². The van der Waals surface area contributed by atoms with Crippen molar-refractivity contribution in [1.29, 1.82) is 0 Å². The summed E-state index contributed by atoms with van der Waals surface area (Å²) in [5.41, 5.74) is 2.36. The molecule has 2 aliphatic heterocycles. The first-order chi connectivity index (χ1) is 13.0. The summed E-state index contributed by atoms with van der Waals surface area (Å²) in [7, 11) is 0. The minimum atomic E-state index is 0.0862. The molecular formula is C19H25N5O2S. The van der Waals surface area contributed by atoms with Crippen LogP contribution in [0.15, 0.2) is 29.4 Å². The van der Waals surface area contributed by atoms with Gasteiger partial charge < -0.3 is 14.5 Å². The molecule has 0 unspecified atom stereocenters. The Balaban J connectivity index is 1.41. The average Bonchev–Trinajstić information content (AvgIpc) is 3.22. The molecule has 2 aromatic rings. The number of anilines is 2. The van der Waals surface area contributed by atoms with E-state index in [1.54, 1.807) is 0 Å². The molecule has 1 saturated heterocycles. The highest BCUT2D eigenvalue weighted by Crippen LogP contribution is 2.32. The lowest BCUT2D eigenvalue weighted by Gasteiger charge is -2.35. The van der Waals surface area contributed by atoms with Gasteiger partial charge in [-0.1, -0.05) is 29.5 Å². The number of fused-ring (bicyclic) bond motifs is 1. The molecule has 2 atom stereocenters. The number of nitrogens with zero attached hydrogens (tertiary/aromatic N) is 5. The van der Waals surface area contributed by atoms with Crippen LogP contribution in [-0.2, 0) is 16.1 Å². The van der Waals surface area contributed by atoms with Crippen LogP contribution in [0.5, 0.6) is 0 Å². The van der Waals surface area contributed by atoms with Crippen LogP contribution in [0.25, 0.3) is 0 Å². The van der Waals surface area contributed by atoms with E-state index < -0.39 is 0 Å². The van der Waals surface area contributed by atoms with Crippen LogP contribution in [0.2, 0.25) is 0 Å². The average molecular weight is 388 g/mol. The van der Waals surface area contributed by atoms with Crippen molar-refractivity contribution in [2.45, 2.75) is 44.7 Å². The van der Waals surface area contributed by atoms with E-state index in [2.05, 4.69) is 50.9 Å². The predicted molar refractivity (Wildman–Crippen MR) is 106 cm³/mol. The Kier molecular flexibility index (Phi) is 5.10. The van der Waals surface area contributed by atoms with Crippen molar-refractivity contribution in [2.75, 3.05) is 30.3 Å². The third-order valence-corrected chi connectivity index (χ3v) is 5.88. The van der Waals surface area contributed by atoms with Crippen LogP contribution in [0.1, 0.15) is 19.4 Å². The van der Waals surface area contributed by atoms with Gasteiger partial charge >= 0.3 is 0 Å². The molecule has 4 rings (SSSR count).